The highest BCUT2D eigenvalue weighted by Gasteiger charge is 2.04. The fraction of sp³-hybridized carbons (Fsp3) is 0.600. The number of nitrogens with two attached hydrogens (primary N) is 1. The van der Waals surface area contributed by atoms with Crippen molar-refractivity contribution in [1.82, 2.24) is 4.90 Å². The molecule has 2 N–H and O–H groups in total. The van der Waals surface area contributed by atoms with Crippen molar-refractivity contribution < 1.29 is 9.47 Å². The molecule has 0 atom stereocenters. The summed E-state index contributed by atoms with van der Waals surface area (Å²) < 4.78 is 10.3. The Kier molecular flexibility index (Phi) is 8.21. The topological polar surface area (TPSA) is 47.7 Å². The van der Waals surface area contributed by atoms with E-state index in [2.05, 4.69) is 17.0 Å². The summed E-state index contributed by atoms with van der Waals surface area (Å²) >= 11 is 0. The van der Waals surface area contributed by atoms with Gasteiger partial charge >= 0.3 is 0 Å². The monoisotopic (exact) mass is 266 g/mol. The van der Waals surface area contributed by atoms with E-state index >= 15 is 0 Å². The number of rotatable bonds is 10. The third kappa shape index (κ3) is 6.57. The van der Waals surface area contributed by atoms with Crippen LogP contribution in [0.4, 0.5) is 0 Å². The van der Waals surface area contributed by atoms with Crippen LogP contribution < -0.4 is 10.5 Å². The van der Waals surface area contributed by atoms with Gasteiger partial charge in [-0.05, 0) is 43.6 Å². The summed E-state index contributed by atoms with van der Waals surface area (Å²) in [6, 6.07) is 8.26. The van der Waals surface area contributed by atoms with Gasteiger partial charge in [-0.2, -0.15) is 0 Å². The molecule has 1 rings (SSSR count). The van der Waals surface area contributed by atoms with E-state index in [1.54, 1.807) is 14.2 Å². The zero-order valence-electron chi connectivity index (χ0n) is 12.1. The summed E-state index contributed by atoms with van der Waals surface area (Å²) in [6.07, 6.45) is 2.07. The molecule has 0 aliphatic carbocycles. The minimum Gasteiger partial charge on any atom is -0.497 e. The van der Waals surface area contributed by atoms with Crippen LogP contribution in [-0.2, 0) is 11.2 Å². The SMILES string of the molecule is COCCN(CCCN)CCc1ccc(OC)cc1. The summed E-state index contributed by atoms with van der Waals surface area (Å²) in [5.74, 6) is 0.906. The van der Waals surface area contributed by atoms with Crippen LogP contribution >= 0.6 is 0 Å². The molecule has 19 heavy (non-hydrogen) atoms. The van der Waals surface area contributed by atoms with Crippen molar-refractivity contribution in [2.75, 3.05) is 47.0 Å². The van der Waals surface area contributed by atoms with Crippen molar-refractivity contribution in [2.24, 2.45) is 5.73 Å². The second kappa shape index (κ2) is 9.78. The second-order valence-corrected chi connectivity index (χ2v) is 4.57. The first kappa shape index (κ1) is 16.0. The largest absolute Gasteiger partial charge is 0.497 e. The van der Waals surface area contributed by atoms with Gasteiger partial charge < -0.3 is 20.1 Å². The molecule has 0 radical (unpaired) electrons. The third-order valence-corrected chi connectivity index (χ3v) is 3.17. The molecule has 1 aromatic rings. The first-order chi connectivity index (χ1) is 9.30. The smallest absolute Gasteiger partial charge is 0.118 e. The predicted octanol–water partition coefficient (Wildman–Crippen LogP) is 1.53. The molecule has 4 heteroatoms. The molecule has 0 aromatic heterocycles. The van der Waals surface area contributed by atoms with Crippen molar-refractivity contribution in [3.05, 3.63) is 29.8 Å². The quantitative estimate of drug-likeness (QED) is 0.698. The molecule has 0 unspecified atom stereocenters. The van der Waals surface area contributed by atoms with Crippen LogP contribution in [0.15, 0.2) is 24.3 Å². The maximum Gasteiger partial charge on any atom is 0.118 e. The number of hydrogen-bond donors (Lipinski definition) is 1. The van der Waals surface area contributed by atoms with Crippen molar-refractivity contribution >= 4 is 0 Å². The van der Waals surface area contributed by atoms with Crippen molar-refractivity contribution in [3.8, 4) is 5.75 Å². The third-order valence-electron chi connectivity index (χ3n) is 3.17. The van der Waals surface area contributed by atoms with Gasteiger partial charge in [-0.1, -0.05) is 12.1 Å². The maximum absolute atomic E-state index is 5.57. The Morgan fingerprint density at radius 2 is 1.79 bits per heavy atom. The van der Waals surface area contributed by atoms with E-state index in [1.807, 2.05) is 12.1 Å². The van der Waals surface area contributed by atoms with Crippen molar-refractivity contribution in [3.63, 3.8) is 0 Å². The highest BCUT2D eigenvalue weighted by Crippen LogP contribution is 2.12. The summed E-state index contributed by atoms with van der Waals surface area (Å²) in [6.45, 7) is 4.55. The minimum absolute atomic E-state index is 0.742. The Bertz CT molecular complexity index is 319. The van der Waals surface area contributed by atoms with E-state index in [9.17, 15) is 0 Å². The number of nitrogens with zero attached hydrogens (tertiary/aromatic N) is 1. The molecule has 0 fully saturated rings. The summed E-state index contributed by atoms with van der Waals surface area (Å²) in [5, 5.41) is 0. The lowest BCUT2D eigenvalue weighted by Gasteiger charge is -2.21. The minimum atomic E-state index is 0.742. The van der Waals surface area contributed by atoms with Crippen LogP contribution in [0, 0.1) is 0 Å². The van der Waals surface area contributed by atoms with Gasteiger partial charge in [0, 0.05) is 20.2 Å². The number of ether oxygens (including phenoxy) is 2. The first-order valence-electron chi connectivity index (χ1n) is 6.84. The van der Waals surface area contributed by atoms with Gasteiger partial charge in [-0.15, -0.1) is 0 Å². The first-order valence-corrected chi connectivity index (χ1v) is 6.84. The molecule has 0 aliphatic heterocycles. The zero-order chi connectivity index (χ0) is 13.9. The lowest BCUT2D eigenvalue weighted by molar-refractivity contribution is 0.148. The number of methoxy groups -OCH3 is 2. The van der Waals surface area contributed by atoms with Gasteiger partial charge in [0.2, 0.25) is 0 Å². The van der Waals surface area contributed by atoms with Crippen LogP contribution in [0.25, 0.3) is 0 Å². The molecule has 0 heterocycles. The molecular formula is C15H26N2O2. The van der Waals surface area contributed by atoms with Crippen LogP contribution in [0.3, 0.4) is 0 Å². The summed E-state index contributed by atoms with van der Waals surface area (Å²) in [7, 11) is 3.43. The van der Waals surface area contributed by atoms with Crippen LogP contribution in [0.2, 0.25) is 0 Å². The van der Waals surface area contributed by atoms with Gasteiger partial charge in [0.1, 0.15) is 5.75 Å². The van der Waals surface area contributed by atoms with E-state index in [1.165, 1.54) is 5.56 Å². The van der Waals surface area contributed by atoms with E-state index in [0.29, 0.717) is 0 Å². The number of hydrogen-bond acceptors (Lipinski definition) is 4. The van der Waals surface area contributed by atoms with Crippen molar-refractivity contribution in [2.45, 2.75) is 12.8 Å². The molecule has 0 bridgehead atoms. The molecule has 0 saturated heterocycles. The fourth-order valence-electron chi connectivity index (χ4n) is 1.95. The Balaban J connectivity index is 2.39. The average molecular weight is 266 g/mol. The highest BCUT2D eigenvalue weighted by atomic mass is 16.5. The summed E-state index contributed by atoms with van der Waals surface area (Å²) in [4.78, 5) is 2.40. The van der Waals surface area contributed by atoms with E-state index in [0.717, 1.165) is 51.4 Å². The molecule has 108 valence electrons. The normalized spacial score (nSPS) is 10.9. The van der Waals surface area contributed by atoms with E-state index < -0.39 is 0 Å². The Hall–Kier alpha value is -1.10. The molecular weight excluding hydrogens is 240 g/mol. The summed E-state index contributed by atoms with van der Waals surface area (Å²) in [5.41, 5.74) is 6.90. The van der Waals surface area contributed by atoms with Gasteiger partial charge in [-0.25, -0.2) is 0 Å². The maximum atomic E-state index is 5.57. The van der Waals surface area contributed by atoms with Crippen LogP contribution in [0.5, 0.6) is 5.75 Å². The fourth-order valence-corrected chi connectivity index (χ4v) is 1.95. The van der Waals surface area contributed by atoms with Gasteiger partial charge in [0.25, 0.3) is 0 Å². The average Bonchev–Trinajstić information content (AvgIpc) is 2.47. The van der Waals surface area contributed by atoms with Gasteiger partial charge in [0.15, 0.2) is 0 Å². The number of benzene rings is 1. The molecule has 0 aliphatic rings. The molecule has 0 spiro atoms. The molecule has 4 nitrogen and oxygen atoms in total. The Labute approximate surface area is 116 Å². The van der Waals surface area contributed by atoms with E-state index in [-0.39, 0.29) is 0 Å². The Morgan fingerprint density at radius 1 is 1.05 bits per heavy atom. The predicted molar refractivity (Wildman–Crippen MR) is 78.7 cm³/mol. The lowest BCUT2D eigenvalue weighted by Crippen LogP contribution is -2.31. The van der Waals surface area contributed by atoms with E-state index in [4.69, 9.17) is 15.2 Å². The second-order valence-electron chi connectivity index (χ2n) is 4.57. The van der Waals surface area contributed by atoms with Crippen LogP contribution in [0.1, 0.15) is 12.0 Å². The highest BCUT2D eigenvalue weighted by molar-refractivity contribution is 5.27. The van der Waals surface area contributed by atoms with Gasteiger partial charge in [-0.3, -0.25) is 0 Å². The molecule has 1 aromatic carbocycles. The Morgan fingerprint density at radius 3 is 2.37 bits per heavy atom. The lowest BCUT2D eigenvalue weighted by atomic mass is 10.1. The molecule has 0 saturated carbocycles. The van der Waals surface area contributed by atoms with Crippen molar-refractivity contribution in [1.29, 1.82) is 0 Å². The van der Waals surface area contributed by atoms with Gasteiger partial charge in [0.05, 0.1) is 13.7 Å². The molecule has 0 amide bonds. The van der Waals surface area contributed by atoms with Crippen LogP contribution in [-0.4, -0.2) is 51.9 Å². The standard InChI is InChI=1S/C15H26N2O2/c1-18-13-12-17(10-3-9-16)11-8-14-4-6-15(19-2)7-5-14/h4-7H,3,8-13,16H2,1-2H3. The zero-order valence-corrected chi connectivity index (χ0v) is 12.1.